The molecule has 1 heterocycles. The minimum absolute atomic E-state index is 0.0301. The van der Waals surface area contributed by atoms with Crippen molar-refractivity contribution in [1.29, 1.82) is 0 Å². The molecule has 2 aromatic rings. The number of nitrogens with zero attached hydrogens (tertiary/aromatic N) is 2. The Morgan fingerprint density at radius 3 is 2.83 bits per heavy atom. The van der Waals surface area contributed by atoms with Crippen molar-refractivity contribution in [3.05, 3.63) is 64.3 Å². The Balaban J connectivity index is 2.05. The van der Waals surface area contributed by atoms with E-state index in [1.54, 1.807) is 18.0 Å². The van der Waals surface area contributed by atoms with Gasteiger partial charge in [-0.3, -0.25) is 10.1 Å². The van der Waals surface area contributed by atoms with Gasteiger partial charge in [0.15, 0.2) is 0 Å². The molecule has 2 rings (SSSR count). The predicted molar refractivity (Wildman–Crippen MR) is 70.4 cm³/mol. The lowest BCUT2D eigenvalue weighted by atomic mass is 10.1. The summed E-state index contributed by atoms with van der Waals surface area (Å²) in [7, 11) is 0. The number of nitro groups is 1. The first-order chi connectivity index (χ1) is 8.74. The average Bonchev–Trinajstić information content (AvgIpc) is 2.38. The van der Waals surface area contributed by atoms with E-state index < -0.39 is 0 Å². The van der Waals surface area contributed by atoms with E-state index in [0.717, 1.165) is 15.5 Å². The molecule has 0 aliphatic heterocycles. The van der Waals surface area contributed by atoms with Gasteiger partial charge in [-0.05, 0) is 29.8 Å². The van der Waals surface area contributed by atoms with Gasteiger partial charge in [0, 0.05) is 22.4 Å². The first kappa shape index (κ1) is 12.6. The molecule has 0 saturated carbocycles. The molecule has 18 heavy (non-hydrogen) atoms. The van der Waals surface area contributed by atoms with Crippen LogP contribution in [0.4, 0.5) is 0 Å². The fourth-order valence-corrected chi connectivity index (χ4v) is 2.37. The van der Waals surface area contributed by atoms with E-state index in [4.69, 9.17) is 0 Å². The predicted octanol–water partition coefficient (Wildman–Crippen LogP) is 3.05. The van der Waals surface area contributed by atoms with Crippen molar-refractivity contribution in [1.82, 2.24) is 4.98 Å². The molecule has 0 bridgehead atoms. The van der Waals surface area contributed by atoms with Crippen LogP contribution in [0.1, 0.15) is 5.56 Å². The van der Waals surface area contributed by atoms with Gasteiger partial charge in [0.2, 0.25) is 6.54 Å². The Hall–Kier alpha value is -1.88. The minimum Gasteiger partial charge on any atom is -0.265 e. The molecule has 0 amide bonds. The van der Waals surface area contributed by atoms with Crippen LogP contribution in [0.3, 0.4) is 0 Å². The van der Waals surface area contributed by atoms with E-state index in [1.807, 2.05) is 42.5 Å². The molecule has 4 nitrogen and oxygen atoms in total. The van der Waals surface area contributed by atoms with Crippen LogP contribution in [-0.4, -0.2) is 16.5 Å². The van der Waals surface area contributed by atoms with Crippen LogP contribution in [0.5, 0.6) is 0 Å². The van der Waals surface area contributed by atoms with E-state index in [0.29, 0.717) is 6.42 Å². The van der Waals surface area contributed by atoms with Gasteiger partial charge in [-0.2, -0.15) is 0 Å². The highest BCUT2D eigenvalue weighted by Gasteiger charge is 2.02. The maximum absolute atomic E-state index is 10.3. The standard InChI is InChI=1S/C13H12N2O2S/c16-15(17)9-7-11-4-3-5-12(10-11)18-13-6-1-2-8-14-13/h1-6,8,10H,7,9H2. The largest absolute Gasteiger partial charge is 0.265 e. The van der Waals surface area contributed by atoms with Crippen LogP contribution in [0.15, 0.2) is 58.6 Å². The third kappa shape index (κ3) is 3.85. The Kier molecular flexibility index (Phi) is 4.30. The number of hydrogen-bond acceptors (Lipinski definition) is 4. The zero-order valence-electron chi connectivity index (χ0n) is 9.65. The van der Waals surface area contributed by atoms with Crippen molar-refractivity contribution in [2.75, 3.05) is 6.54 Å². The maximum atomic E-state index is 10.3. The maximum Gasteiger partial charge on any atom is 0.207 e. The first-order valence-corrected chi connectivity index (χ1v) is 6.35. The van der Waals surface area contributed by atoms with Crippen LogP contribution in [0, 0.1) is 10.1 Å². The van der Waals surface area contributed by atoms with Crippen molar-refractivity contribution in [2.24, 2.45) is 0 Å². The van der Waals surface area contributed by atoms with Crippen molar-refractivity contribution in [3.63, 3.8) is 0 Å². The Labute approximate surface area is 109 Å². The average molecular weight is 260 g/mol. The molecule has 0 radical (unpaired) electrons. The van der Waals surface area contributed by atoms with Gasteiger partial charge < -0.3 is 0 Å². The van der Waals surface area contributed by atoms with E-state index in [-0.39, 0.29) is 11.5 Å². The molecule has 0 N–H and O–H groups in total. The Morgan fingerprint density at radius 1 is 1.22 bits per heavy atom. The van der Waals surface area contributed by atoms with Crippen LogP contribution < -0.4 is 0 Å². The highest BCUT2D eigenvalue weighted by molar-refractivity contribution is 7.99. The van der Waals surface area contributed by atoms with Crippen LogP contribution in [0.2, 0.25) is 0 Å². The van der Waals surface area contributed by atoms with Gasteiger partial charge >= 0.3 is 0 Å². The second-order valence-corrected chi connectivity index (χ2v) is 4.82. The molecular weight excluding hydrogens is 248 g/mol. The van der Waals surface area contributed by atoms with Crippen molar-refractivity contribution < 1.29 is 4.92 Å². The van der Waals surface area contributed by atoms with Crippen LogP contribution in [-0.2, 0) is 6.42 Å². The smallest absolute Gasteiger partial charge is 0.207 e. The Bertz CT molecular complexity index is 532. The molecule has 92 valence electrons. The molecule has 0 spiro atoms. The number of benzene rings is 1. The molecule has 0 unspecified atom stereocenters. The molecule has 1 aromatic carbocycles. The van der Waals surface area contributed by atoms with Crippen molar-refractivity contribution in [3.8, 4) is 0 Å². The lowest BCUT2D eigenvalue weighted by Crippen LogP contribution is -2.03. The summed E-state index contributed by atoms with van der Waals surface area (Å²) in [5.74, 6) is 0. The number of hydrogen-bond donors (Lipinski definition) is 0. The molecular formula is C13H12N2O2S. The third-order valence-electron chi connectivity index (χ3n) is 2.34. The fourth-order valence-electron chi connectivity index (χ4n) is 1.51. The third-order valence-corrected chi connectivity index (χ3v) is 3.28. The molecule has 0 aliphatic rings. The molecule has 0 fully saturated rings. The molecule has 0 aliphatic carbocycles. The second kappa shape index (κ2) is 6.16. The van der Waals surface area contributed by atoms with Gasteiger partial charge in [-0.1, -0.05) is 30.0 Å². The second-order valence-electron chi connectivity index (χ2n) is 3.72. The zero-order valence-corrected chi connectivity index (χ0v) is 10.5. The van der Waals surface area contributed by atoms with Crippen molar-refractivity contribution >= 4 is 11.8 Å². The summed E-state index contributed by atoms with van der Waals surface area (Å²) < 4.78 is 0. The van der Waals surface area contributed by atoms with Gasteiger partial charge in [0.25, 0.3) is 0 Å². The van der Waals surface area contributed by atoms with Gasteiger partial charge in [0.05, 0.1) is 0 Å². The van der Waals surface area contributed by atoms with Crippen molar-refractivity contribution in [2.45, 2.75) is 16.3 Å². The summed E-state index contributed by atoms with van der Waals surface area (Å²) in [6.07, 6.45) is 2.21. The first-order valence-electron chi connectivity index (χ1n) is 5.54. The lowest BCUT2D eigenvalue weighted by Gasteiger charge is -2.03. The Morgan fingerprint density at radius 2 is 2.11 bits per heavy atom. The summed E-state index contributed by atoms with van der Waals surface area (Å²) in [6, 6.07) is 13.5. The summed E-state index contributed by atoms with van der Waals surface area (Å²) in [4.78, 5) is 15.3. The lowest BCUT2D eigenvalue weighted by molar-refractivity contribution is -0.479. The highest BCUT2D eigenvalue weighted by Crippen LogP contribution is 2.26. The summed E-state index contributed by atoms with van der Waals surface area (Å²) in [5, 5.41) is 11.3. The van der Waals surface area contributed by atoms with Gasteiger partial charge in [-0.25, -0.2) is 4.98 Å². The quantitative estimate of drug-likeness (QED) is 0.612. The summed E-state index contributed by atoms with van der Waals surface area (Å²) >= 11 is 1.56. The van der Waals surface area contributed by atoms with Gasteiger partial charge in [-0.15, -0.1) is 0 Å². The van der Waals surface area contributed by atoms with Crippen LogP contribution >= 0.6 is 11.8 Å². The molecule has 0 saturated heterocycles. The zero-order chi connectivity index (χ0) is 12.8. The molecule has 5 heteroatoms. The van der Waals surface area contributed by atoms with Crippen LogP contribution in [0.25, 0.3) is 0 Å². The summed E-state index contributed by atoms with van der Waals surface area (Å²) in [6.45, 7) is -0.0301. The SMILES string of the molecule is O=[N+]([O-])CCc1cccc(Sc2ccccn2)c1. The normalized spacial score (nSPS) is 10.2. The minimum atomic E-state index is -0.293. The fraction of sp³-hybridized carbons (Fsp3) is 0.154. The van der Waals surface area contributed by atoms with E-state index in [1.165, 1.54) is 0 Å². The summed E-state index contributed by atoms with van der Waals surface area (Å²) in [5.41, 5.74) is 0.979. The molecule has 1 aromatic heterocycles. The number of aromatic nitrogens is 1. The highest BCUT2D eigenvalue weighted by atomic mass is 32.2. The monoisotopic (exact) mass is 260 g/mol. The molecule has 0 atom stereocenters. The topological polar surface area (TPSA) is 56.0 Å². The van der Waals surface area contributed by atoms with E-state index >= 15 is 0 Å². The van der Waals surface area contributed by atoms with E-state index in [2.05, 4.69) is 4.98 Å². The van der Waals surface area contributed by atoms with Gasteiger partial charge in [0.1, 0.15) is 5.03 Å². The number of rotatable bonds is 5. The van der Waals surface area contributed by atoms with E-state index in [9.17, 15) is 10.1 Å². The number of pyridine rings is 1.